The van der Waals surface area contributed by atoms with E-state index in [0.717, 1.165) is 42.9 Å². The smallest absolute Gasteiger partial charge is 0.240 e. The number of piperazine rings is 1. The third-order valence-corrected chi connectivity index (χ3v) is 5.27. The van der Waals surface area contributed by atoms with E-state index < -0.39 is 0 Å². The zero-order valence-electron chi connectivity index (χ0n) is 13.9. The number of nitrogens with zero attached hydrogens (tertiary/aromatic N) is 5. The molecule has 2 aromatic heterocycles. The van der Waals surface area contributed by atoms with Crippen molar-refractivity contribution >= 4 is 50.7 Å². The van der Waals surface area contributed by atoms with E-state index in [4.69, 9.17) is 16.6 Å². The summed E-state index contributed by atoms with van der Waals surface area (Å²) >= 11 is 7.52. The lowest BCUT2D eigenvalue weighted by molar-refractivity contribution is -0.117. The average Bonchev–Trinajstić information content (AvgIpc) is 3.15. The maximum Gasteiger partial charge on any atom is 0.240 e. The van der Waals surface area contributed by atoms with Gasteiger partial charge in [0.2, 0.25) is 11.0 Å². The molecule has 26 heavy (non-hydrogen) atoms. The van der Waals surface area contributed by atoms with Gasteiger partial charge in [-0.05, 0) is 24.3 Å². The quantitative estimate of drug-likeness (QED) is 0.740. The number of carbonyl (C=O) groups excluding carboxylic acids is 1. The van der Waals surface area contributed by atoms with E-state index in [2.05, 4.69) is 25.3 Å². The van der Waals surface area contributed by atoms with Gasteiger partial charge in [-0.1, -0.05) is 29.0 Å². The Balaban J connectivity index is 1.35. The Labute approximate surface area is 159 Å². The molecule has 1 aliphatic rings. The molecule has 0 atom stereocenters. The number of pyridine rings is 1. The summed E-state index contributed by atoms with van der Waals surface area (Å²) in [5.74, 6) is 0.881. The third-order valence-electron chi connectivity index (χ3n) is 4.33. The largest absolute Gasteiger partial charge is 0.354 e. The van der Waals surface area contributed by atoms with Crippen LogP contribution in [0.5, 0.6) is 0 Å². The summed E-state index contributed by atoms with van der Waals surface area (Å²) in [5, 5.41) is 12.5. The number of halogens is 1. The van der Waals surface area contributed by atoms with Crippen LogP contribution in [0, 0.1) is 0 Å². The zero-order valence-corrected chi connectivity index (χ0v) is 15.5. The van der Waals surface area contributed by atoms with E-state index in [1.54, 1.807) is 5.51 Å². The molecule has 1 saturated heterocycles. The van der Waals surface area contributed by atoms with Crippen molar-refractivity contribution in [2.75, 3.05) is 42.9 Å². The van der Waals surface area contributed by atoms with Crippen LogP contribution in [0.2, 0.25) is 5.02 Å². The van der Waals surface area contributed by atoms with Gasteiger partial charge in [0.05, 0.1) is 12.1 Å². The molecule has 0 aliphatic carbocycles. The average molecular weight is 389 g/mol. The molecule has 0 saturated carbocycles. The Morgan fingerprint density at radius 2 is 2.04 bits per heavy atom. The highest BCUT2D eigenvalue weighted by molar-refractivity contribution is 7.13. The van der Waals surface area contributed by atoms with Gasteiger partial charge in [0, 0.05) is 36.6 Å². The summed E-state index contributed by atoms with van der Waals surface area (Å²) in [4.78, 5) is 21.1. The molecule has 9 heteroatoms. The zero-order chi connectivity index (χ0) is 17.9. The number of hydrogen-bond acceptors (Lipinski definition) is 7. The molecule has 3 aromatic rings. The molecule has 4 rings (SSSR count). The fraction of sp³-hybridized carbons (Fsp3) is 0.294. The predicted octanol–water partition coefficient (Wildman–Crippen LogP) is 2.50. The molecule has 7 nitrogen and oxygen atoms in total. The summed E-state index contributed by atoms with van der Waals surface area (Å²) in [7, 11) is 0. The normalized spacial score (nSPS) is 15.3. The first-order chi connectivity index (χ1) is 12.7. The lowest BCUT2D eigenvalue weighted by Crippen LogP contribution is -2.48. The van der Waals surface area contributed by atoms with E-state index in [-0.39, 0.29) is 5.91 Å². The number of hydrogen-bond donors (Lipinski definition) is 1. The number of rotatable bonds is 4. The molecule has 3 heterocycles. The maximum atomic E-state index is 12.1. The molecule has 134 valence electrons. The SMILES string of the molecule is O=C(CN1CCN(c2ccc3c(Cl)cccc3n2)CC1)Nc1nncs1. The fourth-order valence-electron chi connectivity index (χ4n) is 3.01. The van der Waals surface area contributed by atoms with Crippen molar-refractivity contribution in [3.05, 3.63) is 40.9 Å². The Morgan fingerprint density at radius 1 is 1.19 bits per heavy atom. The molecule has 0 unspecified atom stereocenters. The third kappa shape index (κ3) is 3.77. The van der Waals surface area contributed by atoms with Crippen molar-refractivity contribution in [1.29, 1.82) is 0 Å². The summed E-state index contributed by atoms with van der Waals surface area (Å²) in [6.45, 7) is 3.61. The molecule has 1 aliphatic heterocycles. The van der Waals surface area contributed by atoms with Crippen LogP contribution in [0.15, 0.2) is 35.8 Å². The van der Waals surface area contributed by atoms with Crippen LogP contribution in [-0.2, 0) is 4.79 Å². The minimum absolute atomic E-state index is 0.0614. The van der Waals surface area contributed by atoms with Gasteiger partial charge in [-0.2, -0.15) is 0 Å². The van der Waals surface area contributed by atoms with Crippen molar-refractivity contribution in [1.82, 2.24) is 20.1 Å². The van der Waals surface area contributed by atoms with E-state index in [1.165, 1.54) is 11.3 Å². The summed E-state index contributed by atoms with van der Waals surface area (Å²) < 4.78 is 0. The number of amides is 1. The van der Waals surface area contributed by atoms with Crippen molar-refractivity contribution < 1.29 is 4.79 Å². The van der Waals surface area contributed by atoms with Gasteiger partial charge in [0.1, 0.15) is 11.3 Å². The van der Waals surface area contributed by atoms with Crippen LogP contribution in [0.25, 0.3) is 10.9 Å². The van der Waals surface area contributed by atoms with Crippen LogP contribution in [0.1, 0.15) is 0 Å². The first kappa shape index (κ1) is 17.1. The highest BCUT2D eigenvalue weighted by atomic mass is 35.5. The van der Waals surface area contributed by atoms with E-state index >= 15 is 0 Å². The molecule has 1 amide bonds. The first-order valence-electron chi connectivity index (χ1n) is 8.27. The standard InChI is InChI=1S/C17H17ClN6OS/c18-13-2-1-3-14-12(13)4-5-15(20-14)24-8-6-23(7-9-24)10-16(25)21-17-22-19-11-26-17/h1-5,11H,6-10H2,(H,21,22,25). The van der Waals surface area contributed by atoms with Crippen LogP contribution in [0.3, 0.4) is 0 Å². The van der Waals surface area contributed by atoms with Gasteiger partial charge in [-0.25, -0.2) is 4.98 Å². The molecular weight excluding hydrogens is 372 g/mol. The van der Waals surface area contributed by atoms with Crippen LogP contribution >= 0.6 is 22.9 Å². The number of fused-ring (bicyclic) bond motifs is 1. The van der Waals surface area contributed by atoms with Crippen LogP contribution < -0.4 is 10.2 Å². The van der Waals surface area contributed by atoms with Gasteiger partial charge >= 0.3 is 0 Å². The van der Waals surface area contributed by atoms with Gasteiger partial charge in [0.15, 0.2) is 0 Å². The Kier molecular flexibility index (Phi) is 4.96. The molecule has 1 fully saturated rings. The molecular formula is C17H17ClN6OS. The second-order valence-corrected chi connectivity index (χ2v) is 7.27. The first-order valence-corrected chi connectivity index (χ1v) is 9.53. The highest BCUT2D eigenvalue weighted by Crippen LogP contribution is 2.25. The highest BCUT2D eigenvalue weighted by Gasteiger charge is 2.20. The topological polar surface area (TPSA) is 74.2 Å². The summed E-state index contributed by atoms with van der Waals surface area (Å²) in [5.41, 5.74) is 2.49. The Hall–Kier alpha value is -2.29. The second-order valence-electron chi connectivity index (χ2n) is 6.03. The van der Waals surface area contributed by atoms with E-state index in [9.17, 15) is 4.79 Å². The maximum absolute atomic E-state index is 12.1. The Morgan fingerprint density at radius 3 is 2.81 bits per heavy atom. The second kappa shape index (κ2) is 7.53. The fourth-order valence-corrected chi connectivity index (χ4v) is 3.70. The molecule has 1 N–H and O–H groups in total. The lowest BCUT2D eigenvalue weighted by atomic mass is 10.2. The van der Waals surface area contributed by atoms with Crippen molar-refractivity contribution in [2.24, 2.45) is 0 Å². The van der Waals surface area contributed by atoms with Gasteiger partial charge in [-0.3, -0.25) is 15.0 Å². The summed E-state index contributed by atoms with van der Waals surface area (Å²) in [6, 6.07) is 9.78. The number of nitrogens with one attached hydrogen (secondary N) is 1. The van der Waals surface area contributed by atoms with Crippen LogP contribution in [-0.4, -0.2) is 58.7 Å². The van der Waals surface area contributed by atoms with Crippen LogP contribution in [0.4, 0.5) is 10.9 Å². The minimum atomic E-state index is -0.0614. The summed E-state index contributed by atoms with van der Waals surface area (Å²) in [6.07, 6.45) is 0. The number of anilines is 2. The minimum Gasteiger partial charge on any atom is -0.354 e. The predicted molar refractivity (Wildman–Crippen MR) is 104 cm³/mol. The molecule has 0 bridgehead atoms. The van der Waals surface area contributed by atoms with Gasteiger partial charge in [-0.15, -0.1) is 10.2 Å². The van der Waals surface area contributed by atoms with E-state index in [0.29, 0.717) is 16.7 Å². The van der Waals surface area contributed by atoms with Gasteiger partial charge < -0.3 is 4.90 Å². The van der Waals surface area contributed by atoms with Gasteiger partial charge in [0.25, 0.3) is 0 Å². The Bertz CT molecular complexity index is 911. The molecule has 1 aromatic carbocycles. The molecule has 0 radical (unpaired) electrons. The monoisotopic (exact) mass is 388 g/mol. The van der Waals surface area contributed by atoms with Crippen molar-refractivity contribution in [2.45, 2.75) is 0 Å². The number of carbonyl (C=O) groups is 1. The molecule has 0 spiro atoms. The lowest BCUT2D eigenvalue weighted by Gasteiger charge is -2.35. The van der Waals surface area contributed by atoms with E-state index in [1.807, 2.05) is 30.3 Å². The number of aromatic nitrogens is 3. The van der Waals surface area contributed by atoms with Crippen molar-refractivity contribution in [3.63, 3.8) is 0 Å². The number of benzene rings is 1. The van der Waals surface area contributed by atoms with Crippen molar-refractivity contribution in [3.8, 4) is 0 Å².